The Balaban J connectivity index is 1.39. The van der Waals surface area contributed by atoms with Crippen LogP contribution in [0, 0.1) is 0 Å². The summed E-state index contributed by atoms with van der Waals surface area (Å²) in [6, 6.07) is 18.2. The maximum absolute atomic E-state index is 12.9. The first-order valence-corrected chi connectivity index (χ1v) is 11.4. The molecule has 1 N–H and O–H groups in total. The van der Waals surface area contributed by atoms with Gasteiger partial charge in [-0.3, -0.25) is 9.89 Å². The van der Waals surface area contributed by atoms with E-state index in [1.54, 1.807) is 0 Å². The number of para-hydroxylation sites is 1. The molecule has 2 aromatic carbocycles. The molecule has 5 nitrogen and oxygen atoms in total. The van der Waals surface area contributed by atoms with E-state index >= 15 is 0 Å². The van der Waals surface area contributed by atoms with Crippen LogP contribution in [0.2, 0.25) is 0 Å². The summed E-state index contributed by atoms with van der Waals surface area (Å²) < 4.78 is 0. The van der Waals surface area contributed by atoms with Gasteiger partial charge in [-0.05, 0) is 30.2 Å². The van der Waals surface area contributed by atoms with Crippen molar-refractivity contribution < 1.29 is 4.79 Å². The molecule has 1 aromatic heterocycles. The summed E-state index contributed by atoms with van der Waals surface area (Å²) in [5, 5.41) is 8.21. The fraction of sp³-hybridized carbons (Fsp3) is 0.227. The fourth-order valence-corrected chi connectivity index (χ4v) is 4.88. The van der Waals surface area contributed by atoms with Crippen LogP contribution < -0.4 is 4.90 Å². The standard InChI is InChI=1S/C22H22N4OS2/c1-16-13-14-26(18-9-5-6-10-19(18)29-16)21(27)15-28-22-23-20(24-25-22)12-11-17-7-3-2-4-8-17/h2-12,16H,13-15H2,1H3,(H,23,24,25)/b12-11+. The number of thioether (sulfide) groups is 2. The summed E-state index contributed by atoms with van der Waals surface area (Å²) in [5.74, 6) is 1.07. The Hall–Kier alpha value is -2.51. The number of aromatic nitrogens is 3. The molecule has 1 aliphatic rings. The molecule has 2 heterocycles. The number of benzene rings is 2. The monoisotopic (exact) mass is 422 g/mol. The number of amides is 1. The van der Waals surface area contributed by atoms with Gasteiger partial charge < -0.3 is 4.90 Å². The quantitative estimate of drug-likeness (QED) is 0.587. The Labute approximate surface area is 179 Å². The summed E-state index contributed by atoms with van der Waals surface area (Å²) >= 11 is 3.20. The van der Waals surface area contributed by atoms with E-state index in [1.165, 1.54) is 16.7 Å². The van der Waals surface area contributed by atoms with Crippen LogP contribution in [0.15, 0.2) is 64.6 Å². The largest absolute Gasteiger partial charge is 0.311 e. The van der Waals surface area contributed by atoms with Crippen molar-refractivity contribution in [1.82, 2.24) is 15.2 Å². The summed E-state index contributed by atoms with van der Waals surface area (Å²) in [6.07, 6.45) is 4.84. The zero-order valence-electron chi connectivity index (χ0n) is 16.1. The van der Waals surface area contributed by atoms with E-state index in [1.807, 2.05) is 77.3 Å². The average Bonchev–Trinajstić information content (AvgIpc) is 3.13. The van der Waals surface area contributed by atoms with Crippen molar-refractivity contribution in [2.45, 2.75) is 28.6 Å². The zero-order valence-corrected chi connectivity index (χ0v) is 17.7. The molecule has 29 heavy (non-hydrogen) atoms. The molecule has 1 unspecified atom stereocenters. The van der Waals surface area contributed by atoms with Crippen LogP contribution in [0.25, 0.3) is 12.2 Å². The van der Waals surface area contributed by atoms with Crippen molar-refractivity contribution in [3.63, 3.8) is 0 Å². The van der Waals surface area contributed by atoms with Gasteiger partial charge in [0, 0.05) is 16.7 Å². The molecule has 0 spiro atoms. The third kappa shape index (κ3) is 5.10. The van der Waals surface area contributed by atoms with Crippen molar-refractivity contribution in [3.05, 3.63) is 66.0 Å². The highest BCUT2D eigenvalue weighted by Gasteiger charge is 2.24. The smallest absolute Gasteiger partial charge is 0.237 e. The van der Waals surface area contributed by atoms with Gasteiger partial charge in [0.2, 0.25) is 11.1 Å². The van der Waals surface area contributed by atoms with Crippen LogP contribution in [0.4, 0.5) is 5.69 Å². The highest BCUT2D eigenvalue weighted by molar-refractivity contribution is 8.00. The maximum Gasteiger partial charge on any atom is 0.237 e. The molecule has 1 amide bonds. The van der Waals surface area contributed by atoms with E-state index in [0.717, 1.165) is 24.2 Å². The highest BCUT2D eigenvalue weighted by Crippen LogP contribution is 2.37. The minimum atomic E-state index is 0.0864. The number of H-pyrrole nitrogens is 1. The molecule has 0 radical (unpaired) electrons. The highest BCUT2D eigenvalue weighted by atomic mass is 32.2. The summed E-state index contributed by atoms with van der Waals surface area (Å²) in [5.41, 5.74) is 2.11. The fourth-order valence-electron chi connectivity index (χ4n) is 3.09. The van der Waals surface area contributed by atoms with Crippen molar-refractivity contribution in [1.29, 1.82) is 0 Å². The second kappa shape index (κ2) is 9.33. The van der Waals surface area contributed by atoms with Gasteiger partial charge in [-0.1, -0.05) is 67.2 Å². The lowest BCUT2D eigenvalue weighted by Crippen LogP contribution is -2.33. The predicted molar refractivity (Wildman–Crippen MR) is 121 cm³/mol. The van der Waals surface area contributed by atoms with Gasteiger partial charge in [0.15, 0.2) is 0 Å². The van der Waals surface area contributed by atoms with E-state index in [0.29, 0.717) is 22.0 Å². The Morgan fingerprint density at radius 2 is 2.00 bits per heavy atom. The molecule has 0 bridgehead atoms. The molecular weight excluding hydrogens is 400 g/mol. The molecule has 1 aliphatic heterocycles. The second-order valence-electron chi connectivity index (χ2n) is 6.77. The second-order valence-corrected chi connectivity index (χ2v) is 9.19. The number of anilines is 1. The number of carbonyl (C=O) groups is 1. The third-order valence-electron chi connectivity index (χ3n) is 4.58. The number of hydrogen-bond donors (Lipinski definition) is 1. The van der Waals surface area contributed by atoms with E-state index in [2.05, 4.69) is 28.2 Å². The summed E-state index contributed by atoms with van der Waals surface area (Å²) in [4.78, 5) is 20.5. The molecule has 4 rings (SSSR count). The van der Waals surface area contributed by atoms with E-state index in [-0.39, 0.29) is 5.91 Å². The number of nitrogens with zero attached hydrogens (tertiary/aromatic N) is 3. The zero-order chi connectivity index (χ0) is 20.1. The molecule has 1 atom stereocenters. The van der Waals surface area contributed by atoms with Crippen LogP contribution in [0.3, 0.4) is 0 Å². The minimum absolute atomic E-state index is 0.0864. The van der Waals surface area contributed by atoms with E-state index < -0.39 is 0 Å². The third-order valence-corrected chi connectivity index (χ3v) is 6.65. The first kappa shape index (κ1) is 19.8. The van der Waals surface area contributed by atoms with E-state index in [4.69, 9.17) is 0 Å². The Morgan fingerprint density at radius 3 is 2.86 bits per heavy atom. The Morgan fingerprint density at radius 1 is 1.21 bits per heavy atom. The summed E-state index contributed by atoms with van der Waals surface area (Å²) in [6.45, 7) is 2.95. The van der Waals surface area contributed by atoms with Crippen molar-refractivity contribution in [2.75, 3.05) is 17.2 Å². The van der Waals surface area contributed by atoms with Crippen LogP contribution >= 0.6 is 23.5 Å². The number of carbonyl (C=O) groups excluding carboxylic acids is 1. The van der Waals surface area contributed by atoms with Crippen molar-refractivity contribution in [3.8, 4) is 0 Å². The van der Waals surface area contributed by atoms with Gasteiger partial charge in [-0.2, -0.15) is 0 Å². The van der Waals surface area contributed by atoms with Gasteiger partial charge in [0.1, 0.15) is 5.82 Å². The molecule has 7 heteroatoms. The molecule has 0 fully saturated rings. The van der Waals surface area contributed by atoms with Gasteiger partial charge >= 0.3 is 0 Å². The number of hydrogen-bond acceptors (Lipinski definition) is 5. The predicted octanol–water partition coefficient (Wildman–Crippen LogP) is 4.98. The molecule has 3 aromatic rings. The number of aromatic amines is 1. The lowest BCUT2D eigenvalue weighted by molar-refractivity contribution is -0.116. The topological polar surface area (TPSA) is 61.9 Å². The Bertz CT molecular complexity index is 1000. The molecule has 0 saturated heterocycles. The first-order valence-electron chi connectivity index (χ1n) is 9.53. The Kier molecular flexibility index (Phi) is 6.36. The number of nitrogens with one attached hydrogen (secondary N) is 1. The average molecular weight is 423 g/mol. The van der Waals surface area contributed by atoms with Crippen molar-refractivity contribution in [2.24, 2.45) is 0 Å². The maximum atomic E-state index is 12.9. The van der Waals surface area contributed by atoms with Crippen LogP contribution in [-0.2, 0) is 4.79 Å². The van der Waals surface area contributed by atoms with Crippen LogP contribution in [-0.4, -0.2) is 38.6 Å². The molecule has 148 valence electrons. The minimum Gasteiger partial charge on any atom is -0.311 e. The SMILES string of the molecule is CC1CCN(C(=O)CSc2n[nH]c(/C=C/c3ccccc3)n2)c2ccccc2S1. The number of rotatable bonds is 5. The lowest BCUT2D eigenvalue weighted by atomic mass is 10.2. The van der Waals surface area contributed by atoms with Crippen LogP contribution in [0.5, 0.6) is 0 Å². The first-order chi connectivity index (χ1) is 14.2. The van der Waals surface area contributed by atoms with E-state index in [9.17, 15) is 4.79 Å². The van der Waals surface area contributed by atoms with Gasteiger partial charge in [-0.25, -0.2) is 4.98 Å². The molecule has 0 saturated carbocycles. The molecular formula is C22H22N4OS2. The normalized spacial score (nSPS) is 16.6. The van der Waals surface area contributed by atoms with Crippen molar-refractivity contribution >= 4 is 47.3 Å². The van der Waals surface area contributed by atoms with Gasteiger partial charge in [0.25, 0.3) is 0 Å². The lowest BCUT2D eigenvalue weighted by Gasteiger charge is -2.22. The van der Waals surface area contributed by atoms with Gasteiger partial charge in [0.05, 0.1) is 11.4 Å². The summed E-state index contributed by atoms with van der Waals surface area (Å²) in [7, 11) is 0. The number of fused-ring (bicyclic) bond motifs is 1. The molecule has 0 aliphatic carbocycles. The van der Waals surface area contributed by atoms with Gasteiger partial charge in [-0.15, -0.1) is 16.9 Å². The van der Waals surface area contributed by atoms with Crippen LogP contribution in [0.1, 0.15) is 24.7 Å².